The Morgan fingerprint density at radius 3 is 2.50 bits per heavy atom. The van der Waals surface area contributed by atoms with Crippen molar-refractivity contribution in [1.82, 2.24) is 14.8 Å². The Hall–Kier alpha value is -3.18. The molecule has 0 spiro atoms. The fourth-order valence-corrected chi connectivity index (χ4v) is 4.82. The molecule has 0 bridgehead atoms. The molecule has 0 amide bonds. The molecule has 0 aliphatic heterocycles. The van der Waals surface area contributed by atoms with Crippen LogP contribution in [-0.4, -0.2) is 40.5 Å². The summed E-state index contributed by atoms with van der Waals surface area (Å²) in [4.78, 5) is 16.4. The summed E-state index contributed by atoms with van der Waals surface area (Å²) >= 11 is 0. The molecule has 7 nitrogen and oxygen atoms in total. The molecule has 0 unspecified atom stereocenters. The number of hydrogen-bond donors (Lipinski definition) is 2. The zero-order chi connectivity index (χ0) is 26.7. The van der Waals surface area contributed by atoms with Crippen LogP contribution in [0.2, 0.25) is 25.7 Å². The van der Waals surface area contributed by atoms with E-state index < -0.39 is 31.7 Å². The van der Waals surface area contributed by atoms with Crippen LogP contribution < -0.4 is 5.73 Å². The third-order valence-corrected chi connectivity index (χ3v) is 7.72. The molecule has 0 saturated carbocycles. The maximum absolute atomic E-state index is 13.8. The van der Waals surface area contributed by atoms with Crippen molar-refractivity contribution in [3.05, 3.63) is 83.2 Å². The van der Waals surface area contributed by atoms with Crippen molar-refractivity contribution in [3.8, 4) is 11.1 Å². The minimum Gasteiger partial charge on any atom is -0.478 e. The Morgan fingerprint density at radius 1 is 1.13 bits per heavy atom. The predicted molar refractivity (Wildman–Crippen MR) is 148 cm³/mol. The number of aromatic carboxylic acids is 1. The summed E-state index contributed by atoms with van der Waals surface area (Å²) in [6, 6.07) is 11.9. The monoisotopic (exact) mass is 560 g/mol. The first-order valence-corrected chi connectivity index (χ1v) is 15.7. The quantitative estimate of drug-likeness (QED) is 0.181. The number of hydrogen-bond acceptors (Lipinski definition) is 5. The lowest BCUT2D eigenvalue weighted by Gasteiger charge is -2.18. The first kappa shape index (κ1) is 29.4. The number of carboxylic acids is 1. The molecule has 0 radical (unpaired) electrons. The zero-order valence-electron chi connectivity index (χ0n) is 21.4. The van der Waals surface area contributed by atoms with Gasteiger partial charge >= 0.3 is 5.97 Å². The highest BCUT2D eigenvalue weighted by molar-refractivity contribution is 6.76. The van der Waals surface area contributed by atoms with E-state index in [1.54, 1.807) is 29.1 Å². The first-order valence-electron chi connectivity index (χ1n) is 12.0. The number of benzene rings is 2. The first-order chi connectivity index (χ1) is 17.5. The molecule has 11 heteroatoms. The Bertz CT molecular complexity index is 1420. The standard InChI is InChI=1S/C27H30F2N4O3Si.ClH/c1-37(2,3)8-7-36-16-33-25-14-22(18-5-4-6-19(12-18)27(34)35)26(32-24(25)15-31-33)23(30)11-17-9-20(28)13-21(29)10-17;/h4-6,9-10,12-15,23H,7-8,11,16,30H2,1-3H3,(H,34,35);1H/t23-;/m0./s1. The second-order valence-corrected chi connectivity index (χ2v) is 15.9. The molecular weight excluding hydrogens is 530 g/mol. The van der Waals surface area contributed by atoms with Gasteiger partial charge in [-0.25, -0.2) is 23.2 Å². The van der Waals surface area contributed by atoms with Gasteiger partial charge in [-0.15, -0.1) is 12.4 Å². The molecule has 0 fully saturated rings. The Morgan fingerprint density at radius 2 is 1.84 bits per heavy atom. The van der Waals surface area contributed by atoms with Gasteiger partial charge in [0.2, 0.25) is 0 Å². The van der Waals surface area contributed by atoms with Crippen molar-refractivity contribution >= 4 is 37.5 Å². The smallest absolute Gasteiger partial charge is 0.335 e. The molecule has 2 heterocycles. The maximum Gasteiger partial charge on any atom is 0.335 e. The highest BCUT2D eigenvalue weighted by Gasteiger charge is 2.20. The number of pyridine rings is 1. The van der Waals surface area contributed by atoms with Crippen LogP contribution in [0.5, 0.6) is 0 Å². The number of halogens is 3. The lowest BCUT2D eigenvalue weighted by Crippen LogP contribution is -2.22. The lowest BCUT2D eigenvalue weighted by molar-refractivity contribution is 0.0697. The Balaban J connectivity index is 0.00000400. The van der Waals surface area contributed by atoms with Gasteiger partial charge in [-0.05, 0) is 53.9 Å². The van der Waals surface area contributed by atoms with E-state index in [9.17, 15) is 18.7 Å². The highest BCUT2D eigenvalue weighted by Crippen LogP contribution is 2.32. The molecule has 3 N–H and O–H groups in total. The second kappa shape index (κ2) is 12.1. The topological polar surface area (TPSA) is 103 Å². The average molecular weight is 561 g/mol. The second-order valence-electron chi connectivity index (χ2n) is 10.3. The molecule has 0 saturated heterocycles. The summed E-state index contributed by atoms with van der Waals surface area (Å²) in [5.41, 5.74) is 10.0. The highest BCUT2D eigenvalue weighted by atomic mass is 35.5. The fourth-order valence-electron chi connectivity index (χ4n) is 4.07. The Kier molecular flexibility index (Phi) is 9.37. The number of carbonyl (C=O) groups is 1. The van der Waals surface area contributed by atoms with Crippen molar-refractivity contribution < 1.29 is 23.4 Å². The number of nitrogens with two attached hydrogens (primary N) is 1. The van der Waals surface area contributed by atoms with E-state index in [2.05, 4.69) is 24.7 Å². The molecule has 4 rings (SSSR count). The van der Waals surface area contributed by atoms with Crippen LogP contribution in [0.1, 0.15) is 27.7 Å². The van der Waals surface area contributed by atoms with Crippen molar-refractivity contribution in [3.63, 3.8) is 0 Å². The molecule has 0 aliphatic rings. The van der Waals surface area contributed by atoms with Crippen LogP contribution in [0.4, 0.5) is 8.78 Å². The number of carboxylic acid groups (broad SMARTS) is 1. The van der Waals surface area contributed by atoms with Crippen LogP contribution in [-0.2, 0) is 17.9 Å². The van der Waals surface area contributed by atoms with Gasteiger partial charge in [0.05, 0.1) is 29.0 Å². The van der Waals surface area contributed by atoms with Gasteiger partial charge in [-0.2, -0.15) is 5.10 Å². The number of rotatable bonds is 10. The lowest BCUT2D eigenvalue weighted by atomic mass is 9.94. The molecule has 2 aromatic carbocycles. The van der Waals surface area contributed by atoms with E-state index in [4.69, 9.17) is 15.5 Å². The SMILES string of the molecule is C[Si](C)(C)CCOCn1ncc2nc([C@@H](N)Cc3cc(F)cc(F)c3)c(-c3cccc(C(=O)O)c3)cc21.Cl. The Labute approximate surface area is 227 Å². The van der Waals surface area contributed by atoms with Crippen LogP contribution in [0, 0.1) is 11.6 Å². The van der Waals surface area contributed by atoms with Gasteiger partial charge in [-0.3, -0.25) is 0 Å². The van der Waals surface area contributed by atoms with E-state index in [0.717, 1.165) is 12.1 Å². The third kappa shape index (κ3) is 7.22. The third-order valence-electron chi connectivity index (χ3n) is 6.02. The summed E-state index contributed by atoms with van der Waals surface area (Å²) in [7, 11) is -1.24. The molecular formula is C27H31ClF2N4O3Si. The largest absolute Gasteiger partial charge is 0.478 e. The van der Waals surface area contributed by atoms with Crippen LogP contribution >= 0.6 is 12.4 Å². The van der Waals surface area contributed by atoms with E-state index in [-0.39, 0.29) is 31.1 Å². The van der Waals surface area contributed by atoms with E-state index in [1.807, 2.05) is 6.07 Å². The molecule has 2 aromatic heterocycles. The van der Waals surface area contributed by atoms with Gasteiger partial charge in [0.15, 0.2) is 0 Å². The van der Waals surface area contributed by atoms with Crippen molar-refractivity contribution in [2.24, 2.45) is 5.73 Å². The van der Waals surface area contributed by atoms with Crippen LogP contribution in [0.25, 0.3) is 22.2 Å². The van der Waals surface area contributed by atoms with E-state index in [1.165, 1.54) is 18.2 Å². The van der Waals surface area contributed by atoms with Crippen molar-refractivity contribution in [2.45, 2.75) is 44.9 Å². The summed E-state index contributed by atoms with van der Waals surface area (Å²) in [6.07, 6.45) is 1.75. The number of aromatic nitrogens is 3. The number of fused-ring (bicyclic) bond motifs is 1. The van der Waals surface area contributed by atoms with Crippen molar-refractivity contribution in [2.75, 3.05) is 6.61 Å². The van der Waals surface area contributed by atoms with Gasteiger partial charge in [0.25, 0.3) is 0 Å². The van der Waals surface area contributed by atoms with Gasteiger partial charge < -0.3 is 15.6 Å². The van der Waals surface area contributed by atoms with Gasteiger partial charge in [0, 0.05) is 26.3 Å². The van der Waals surface area contributed by atoms with Crippen LogP contribution in [0.3, 0.4) is 0 Å². The number of ether oxygens (including phenoxy) is 1. The summed E-state index contributed by atoms with van der Waals surface area (Å²) in [5.74, 6) is -2.43. The normalized spacial score (nSPS) is 12.4. The van der Waals surface area contributed by atoms with Crippen LogP contribution in [0.15, 0.2) is 54.7 Å². The minimum absolute atomic E-state index is 0. The van der Waals surface area contributed by atoms with E-state index in [0.29, 0.717) is 40.0 Å². The average Bonchev–Trinajstić information content (AvgIpc) is 3.21. The molecule has 202 valence electrons. The maximum atomic E-state index is 13.8. The molecule has 1 atom stereocenters. The summed E-state index contributed by atoms with van der Waals surface area (Å²) in [5, 5.41) is 13.9. The summed E-state index contributed by atoms with van der Waals surface area (Å²) < 4.78 is 35.1. The fraction of sp³-hybridized carbons (Fsp3) is 0.296. The zero-order valence-corrected chi connectivity index (χ0v) is 23.3. The predicted octanol–water partition coefficient (Wildman–Crippen LogP) is 6.05. The van der Waals surface area contributed by atoms with Gasteiger partial charge in [-0.1, -0.05) is 31.8 Å². The molecule has 38 heavy (non-hydrogen) atoms. The summed E-state index contributed by atoms with van der Waals surface area (Å²) in [6.45, 7) is 7.72. The number of nitrogens with zero attached hydrogens (tertiary/aromatic N) is 3. The minimum atomic E-state index is -1.24. The van der Waals surface area contributed by atoms with E-state index >= 15 is 0 Å². The van der Waals surface area contributed by atoms with Crippen molar-refractivity contribution in [1.29, 1.82) is 0 Å². The molecule has 4 aromatic rings. The van der Waals surface area contributed by atoms with Gasteiger partial charge in [0.1, 0.15) is 23.9 Å². The molecule has 0 aliphatic carbocycles.